The average Bonchev–Trinajstić information content (AvgIpc) is 3.04. The van der Waals surface area contributed by atoms with Crippen LogP contribution in [0.15, 0.2) is 6.20 Å². The zero-order valence-corrected chi connectivity index (χ0v) is 13.1. The van der Waals surface area contributed by atoms with E-state index in [1.54, 1.807) is 11.3 Å². The number of amides is 1. The maximum atomic E-state index is 12.8. The summed E-state index contributed by atoms with van der Waals surface area (Å²) in [5.41, 5.74) is -0.193. The molecule has 20 heavy (non-hydrogen) atoms. The van der Waals surface area contributed by atoms with E-state index in [9.17, 15) is 4.79 Å². The van der Waals surface area contributed by atoms with E-state index in [4.69, 9.17) is 0 Å². The fourth-order valence-corrected chi connectivity index (χ4v) is 4.34. The molecule has 2 fully saturated rings. The lowest BCUT2D eigenvalue weighted by Gasteiger charge is -2.36. The van der Waals surface area contributed by atoms with Gasteiger partial charge in [0.25, 0.3) is 0 Å². The minimum atomic E-state index is -0.193. The summed E-state index contributed by atoms with van der Waals surface area (Å²) in [4.78, 5) is 18.3. The predicted molar refractivity (Wildman–Crippen MR) is 82.1 cm³/mol. The van der Waals surface area contributed by atoms with Crippen molar-refractivity contribution in [1.82, 2.24) is 10.3 Å². The van der Waals surface area contributed by atoms with Crippen LogP contribution in [0.5, 0.6) is 0 Å². The molecule has 1 amide bonds. The highest BCUT2D eigenvalue weighted by molar-refractivity contribution is 7.15. The molecule has 5 heteroatoms. The van der Waals surface area contributed by atoms with Gasteiger partial charge in [-0.3, -0.25) is 4.79 Å². The summed E-state index contributed by atoms with van der Waals surface area (Å²) in [5, 5.41) is 7.25. The summed E-state index contributed by atoms with van der Waals surface area (Å²) in [6, 6.07) is 0. The molecule has 1 saturated heterocycles. The fourth-order valence-electron chi connectivity index (χ4n) is 3.52. The van der Waals surface area contributed by atoms with Crippen LogP contribution in [0.25, 0.3) is 0 Å². The number of nitrogens with zero attached hydrogens (tertiary/aromatic N) is 1. The summed E-state index contributed by atoms with van der Waals surface area (Å²) in [6.07, 6.45) is 6.50. The van der Waals surface area contributed by atoms with Crippen LogP contribution in [0, 0.1) is 11.3 Å². The van der Waals surface area contributed by atoms with Gasteiger partial charge in [-0.25, -0.2) is 4.98 Å². The van der Waals surface area contributed by atoms with Crippen molar-refractivity contribution in [2.24, 2.45) is 11.3 Å². The Hall–Kier alpha value is -0.940. The molecule has 1 aliphatic carbocycles. The highest BCUT2D eigenvalue weighted by atomic mass is 32.1. The van der Waals surface area contributed by atoms with E-state index in [-0.39, 0.29) is 11.3 Å². The molecule has 0 spiro atoms. The molecule has 1 aromatic heterocycles. The molecular weight excluding hydrogens is 270 g/mol. The van der Waals surface area contributed by atoms with E-state index in [1.165, 1.54) is 24.1 Å². The van der Waals surface area contributed by atoms with Gasteiger partial charge >= 0.3 is 0 Å². The Bertz CT molecular complexity index is 499. The molecular formula is C15H23N3OS. The standard InChI is InChI=1S/C15H23N3OS/c1-10(2)12-8-17-14(20-12)18-13(19)15-6-4-3-5-11(15)7-16-9-15/h8,10-11,16H,3-7,9H2,1-2H3,(H,17,18,19)/t11-,15+/m0/s1. The quantitative estimate of drug-likeness (QED) is 0.901. The van der Waals surface area contributed by atoms with Crippen molar-refractivity contribution in [3.05, 3.63) is 11.1 Å². The first-order valence-electron chi connectivity index (χ1n) is 7.60. The summed E-state index contributed by atoms with van der Waals surface area (Å²) in [7, 11) is 0. The Morgan fingerprint density at radius 1 is 1.55 bits per heavy atom. The van der Waals surface area contributed by atoms with Crippen molar-refractivity contribution < 1.29 is 4.79 Å². The zero-order chi connectivity index (χ0) is 14.2. The third-order valence-corrected chi connectivity index (χ3v) is 6.02. The number of fused-ring (bicyclic) bond motifs is 1. The molecule has 0 radical (unpaired) electrons. The Labute approximate surface area is 124 Å². The lowest BCUT2D eigenvalue weighted by molar-refractivity contribution is -0.128. The predicted octanol–water partition coefficient (Wildman–Crippen LogP) is 2.98. The first kappa shape index (κ1) is 14.0. The van der Waals surface area contributed by atoms with E-state index in [0.717, 1.165) is 24.6 Å². The van der Waals surface area contributed by atoms with Gasteiger partial charge in [0, 0.05) is 17.6 Å². The van der Waals surface area contributed by atoms with Gasteiger partial charge in [0.2, 0.25) is 5.91 Å². The molecule has 3 rings (SSSR count). The van der Waals surface area contributed by atoms with Crippen molar-refractivity contribution in [2.45, 2.75) is 45.4 Å². The van der Waals surface area contributed by atoms with Crippen molar-refractivity contribution in [3.63, 3.8) is 0 Å². The second-order valence-corrected chi connectivity index (χ2v) is 7.47. The Morgan fingerprint density at radius 2 is 2.40 bits per heavy atom. The second-order valence-electron chi connectivity index (χ2n) is 6.41. The third-order valence-electron chi connectivity index (χ3n) is 4.80. The Balaban J connectivity index is 1.74. The molecule has 1 aliphatic heterocycles. The van der Waals surface area contributed by atoms with Crippen LogP contribution in [0.4, 0.5) is 5.13 Å². The topological polar surface area (TPSA) is 54.0 Å². The Kier molecular flexibility index (Phi) is 3.82. The second kappa shape index (κ2) is 5.45. The number of nitrogens with one attached hydrogen (secondary N) is 2. The number of aromatic nitrogens is 1. The number of carbonyl (C=O) groups excluding carboxylic acids is 1. The minimum absolute atomic E-state index is 0.178. The van der Waals surface area contributed by atoms with Gasteiger partial charge in [0.1, 0.15) is 0 Å². The number of anilines is 1. The van der Waals surface area contributed by atoms with Crippen LogP contribution in [-0.2, 0) is 4.79 Å². The number of rotatable bonds is 3. The highest BCUT2D eigenvalue weighted by Crippen LogP contribution is 2.44. The van der Waals surface area contributed by atoms with Crippen LogP contribution in [0.2, 0.25) is 0 Å². The van der Waals surface area contributed by atoms with Gasteiger partial charge in [0.15, 0.2) is 5.13 Å². The molecule has 2 aliphatic rings. The summed E-state index contributed by atoms with van der Waals surface area (Å²) >= 11 is 1.60. The average molecular weight is 293 g/mol. The van der Waals surface area contributed by atoms with Gasteiger partial charge in [-0.1, -0.05) is 26.7 Å². The largest absolute Gasteiger partial charge is 0.315 e. The van der Waals surface area contributed by atoms with E-state index >= 15 is 0 Å². The zero-order valence-electron chi connectivity index (χ0n) is 12.2. The van der Waals surface area contributed by atoms with Gasteiger partial charge in [-0.2, -0.15) is 0 Å². The van der Waals surface area contributed by atoms with E-state index < -0.39 is 0 Å². The van der Waals surface area contributed by atoms with Crippen LogP contribution in [0.3, 0.4) is 0 Å². The lowest BCUT2D eigenvalue weighted by Crippen LogP contribution is -2.44. The van der Waals surface area contributed by atoms with Crippen LogP contribution in [0.1, 0.15) is 50.3 Å². The van der Waals surface area contributed by atoms with Crippen molar-refractivity contribution in [1.29, 1.82) is 0 Å². The maximum absolute atomic E-state index is 12.8. The van der Waals surface area contributed by atoms with Crippen LogP contribution >= 0.6 is 11.3 Å². The minimum Gasteiger partial charge on any atom is -0.315 e. The number of hydrogen-bond acceptors (Lipinski definition) is 4. The highest BCUT2D eigenvalue weighted by Gasteiger charge is 2.49. The summed E-state index contributed by atoms with van der Waals surface area (Å²) < 4.78 is 0. The normalized spacial score (nSPS) is 29.4. The van der Waals surface area contributed by atoms with Crippen LogP contribution in [-0.4, -0.2) is 24.0 Å². The maximum Gasteiger partial charge on any atom is 0.233 e. The van der Waals surface area contributed by atoms with Gasteiger partial charge < -0.3 is 10.6 Å². The first-order valence-corrected chi connectivity index (χ1v) is 8.41. The number of thiazole rings is 1. The smallest absolute Gasteiger partial charge is 0.233 e. The lowest BCUT2D eigenvalue weighted by atomic mass is 9.68. The molecule has 0 bridgehead atoms. The van der Waals surface area contributed by atoms with Crippen molar-refractivity contribution in [2.75, 3.05) is 18.4 Å². The van der Waals surface area contributed by atoms with Crippen molar-refractivity contribution in [3.8, 4) is 0 Å². The molecule has 1 aromatic rings. The fraction of sp³-hybridized carbons (Fsp3) is 0.733. The molecule has 2 heterocycles. The molecule has 1 saturated carbocycles. The first-order chi connectivity index (χ1) is 9.62. The van der Waals surface area contributed by atoms with E-state index in [0.29, 0.717) is 11.8 Å². The van der Waals surface area contributed by atoms with Gasteiger partial charge in [0.05, 0.1) is 5.41 Å². The summed E-state index contributed by atoms with van der Waals surface area (Å²) in [5.74, 6) is 1.14. The molecule has 4 nitrogen and oxygen atoms in total. The molecule has 0 unspecified atom stereocenters. The Morgan fingerprint density at radius 3 is 3.15 bits per heavy atom. The molecule has 2 atom stereocenters. The third kappa shape index (κ3) is 2.37. The van der Waals surface area contributed by atoms with Gasteiger partial charge in [-0.05, 0) is 31.2 Å². The SMILES string of the molecule is CC(C)c1cnc(NC(=O)[C@@]23CCCC[C@H]2CNC3)s1. The van der Waals surface area contributed by atoms with E-state index in [1.807, 2.05) is 6.20 Å². The summed E-state index contributed by atoms with van der Waals surface area (Å²) in [6.45, 7) is 6.11. The molecule has 110 valence electrons. The van der Waals surface area contributed by atoms with Gasteiger partial charge in [-0.15, -0.1) is 11.3 Å². The van der Waals surface area contributed by atoms with E-state index in [2.05, 4.69) is 29.5 Å². The van der Waals surface area contributed by atoms with Crippen molar-refractivity contribution >= 4 is 22.4 Å². The molecule has 2 N–H and O–H groups in total. The van der Waals surface area contributed by atoms with Crippen LogP contribution < -0.4 is 10.6 Å². The number of hydrogen-bond donors (Lipinski definition) is 2. The molecule has 0 aromatic carbocycles. The monoisotopic (exact) mass is 293 g/mol. The number of carbonyl (C=O) groups is 1.